The third-order valence-corrected chi connectivity index (χ3v) is 9.30. The van der Waals surface area contributed by atoms with Gasteiger partial charge in [-0.05, 0) is 70.6 Å². The van der Waals surface area contributed by atoms with Crippen LogP contribution in [0.15, 0.2) is 72.9 Å². The molecule has 0 spiro atoms. The Morgan fingerprint density at radius 2 is 1.02 bits per heavy atom. The number of aliphatic hydroxyl groups is 2. The number of phosphoric acid groups is 1. The molecule has 55 heavy (non-hydrogen) atoms. The Morgan fingerprint density at radius 1 is 0.564 bits per heavy atom. The molecule has 3 atom stereocenters. The normalized spacial score (nSPS) is 14.6. The van der Waals surface area contributed by atoms with Crippen LogP contribution >= 0.6 is 7.82 Å². The molecular formula is C44H75O10P. The third-order valence-electron chi connectivity index (χ3n) is 8.34. The van der Waals surface area contributed by atoms with Crippen molar-refractivity contribution in [2.24, 2.45) is 0 Å². The van der Waals surface area contributed by atoms with E-state index in [0.29, 0.717) is 19.3 Å². The second-order valence-corrected chi connectivity index (χ2v) is 15.1. The molecule has 0 aromatic rings. The highest BCUT2D eigenvalue weighted by Gasteiger charge is 2.27. The third kappa shape index (κ3) is 39.4. The van der Waals surface area contributed by atoms with E-state index in [1.807, 2.05) is 6.08 Å². The molecule has 3 N–H and O–H groups in total. The van der Waals surface area contributed by atoms with Gasteiger partial charge in [0.25, 0.3) is 0 Å². The van der Waals surface area contributed by atoms with Gasteiger partial charge in [0.05, 0.1) is 19.8 Å². The van der Waals surface area contributed by atoms with Crippen molar-refractivity contribution in [3.8, 4) is 0 Å². The summed E-state index contributed by atoms with van der Waals surface area (Å²) < 4.78 is 32.6. The highest BCUT2D eigenvalue weighted by atomic mass is 31.2. The van der Waals surface area contributed by atoms with Crippen molar-refractivity contribution in [3.05, 3.63) is 72.9 Å². The monoisotopic (exact) mass is 795 g/mol. The molecule has 0 saturated heterocycles. The minimum absolute atomic E-state index is 0.160. The number of phosphoric ester groups is 1. The average molecular weight is 795 g/mol. The second-order valence-electron chi connectivity index (χ2n) is 13.6. The molecule has 0 bridgehead atoms. The summed E-state index contributed by atoms with van der Waals surface area (Å²) in [6.45, 7) is 2.15. The lowest BCUT2D eigenvalue weighted by atomic mass is 10.1. The first-order valence-electron chi connectivity index (χ1n) is 20.9. The SMILES string of the molecule is CC/C=C/C/C=C/C/C=C/C/C=C/C/C=C/CCCC(=O)OC[C@H](COP(=O)(O)OC[C@@H](O)CO)OC(=O)CCCCCCCCCCC/C=C/CCCC. The smallest absolute Gasteiger partial charge is 0.462 e. The molecule has 0 radical (unpaired) electrons. The fourth-order valence-corrected chi connectivity index (χ4v) is 5.92. The molecule has 1 unspecified atom stereocenters. The van der Waals surface area contributed by atoms with Crippen LogP contribution in [0.5, 0.6) is 0 Å². The molecule has 0 fully saturated rings. The molecule has 0 aromatic heterocycles. The highest BCUT2D eigenvalue weighted by Crippen LogP contribution is 2.43. The number of hydrogen-bond acceptors (Lipinski definition) is 9. The van der Waals surface area contributed by atoms with Crippen molar-refractivity contribution in [3.63, 3.8) is 0 Å². The molecule has 316 valence electrons. The Hall–Kier alpha value is -2.59. The fraction of sp³-hybridized carbons (Fsp3) is 0.682. The number of unbranched alkanes of at least 4 members (excludes halogenated alkanes) is 12. The van der Waals surface area contributed by atoms with Crippen LogP contribution in [-0.4, -0.2) is 65.7 Å². The molecule has 11 heteroatoms. The minimum atomic E-state index is -4.63. The molecule has 0 saturated carbocycles. The number of hydrogen-bond donors (Lipinski definition) is 3. The first-order chi connectivity index (χ1) is 26.7. The van der Waals surface area contributed by atoms with Gasteiger partial charge < -0.3 is 24.6 Å². The zero-order chi connectivity index (χ0) is 40.5. The van der Waals surface area contributed by atoms with Gasteiger partial charge in [-0.3, -0.25) is 18.6 Å². The second kappa shape index (κ2) is 39.6. The summed E-state index contributed by atoms with van der Waals surface area (Å²) in [6, 6.07) is 0. The summed E-state index contributed by atoms with van der Waals surface area (Å²) in [5.74, 6) is -1.00. The fourth-order valence-electron chi connectivity index (χ4n) is 5.13. The van der Waals surface area contributed by atoms with Crippen molar-refractivity contribution < 1.29 is 47.8 Å². The number of carbonyl (C=O) groups is 2. The number of allylic oxidation sites excluding steroid dienone is 12. The quantitative estimate of drug-likeness (QED) is 0.0239. The van der Waals surface area contributed by atoms with Gasteiger partial charge in [0.15, 0.2) is 6.10 Å². The maximum absolute atomic E-state index is 12.6. The first kappa shape index (κ1) is 52.4. The van der Waals surface area contributed by atoms with Crippen LogP contribution in [0.25, 0.3) is 0 Å². The molecule has 0 heterocycles. The van der Waals surface area contributed by atoms with E-state index in [1.54, 1.807) is 0 Å². The lowest BCUT2D eigenvalue weighted by molar-refractivity contribution is -0.161. The van der Waals surface area contributed by atoms with Crippen LogP contribution in [0.2, 0.25) is 0 Å². The van der Waals surface area contributed by atoms with Gasteiger partial charge in [0.2, 0.25) is 0 Å². The number of rotatable bonds is 38. The molecule has 0 rings (SSSR count). The molecule has 0 aliphatic carbocycles. The van der Waals surface area contributed by atoms with Crippen LogP contribution in [0.3, 0.4) is 0 Å². The number of aliphatic hydroxyl groups excluding tert-OH is 2. The van der Waals surface area contributed by atoms with Gasteiger partial charge in [-0.15, -0.1) is 0 Å². The van der Waals surface area contributed by atoms with Gasteiger partial charge in [0, 0.05) is 12.8 Å². The van der Waals surface area contributed by atoms with Crippen molar-refractivity contribution in [2.45, 2.75) is 167 Å². The van der Waals surface area contributed by atoms with E-state index in [4.69, 9.17) is 19.1 Å². The zero-order valence-corrected chi connectivity index (χ0v) is 35.0. The van der Waals surface area contributed by atoms with Gasteiger partial charge in [-0.1, -0.05) is 145 Å². The lowest BCUT2D eigenvalue weighted by Gasteiger charge is -2.20. The number of esters is 2. The maximum Gasteiger partial charge on any atom is 0.472 e. The topological polar surface area (TPSA) is 149 Å². The molecule has 0 aliphatic rings. The Balaban J connectivity index is 4.42. The van der Waals surface area contributed by atoms with E-state index in [9.17, 15) is 24.2 Å². The Morgan fingerprint density at radius 3 is 1.58 bits per heavy atom. The molecule has 0 amide bonds. The Labute approximate surface area is 333 Å². The van der Waals surface area contributed by atoms with Crippen LogP contribution in [-0.2, 0) is 32.7 Å². The highest BCUT2D eigenvalue weighted by molar-refractivity contribution is 7.47. The average Bonchev–Trinajstić information content (AvgIpc) is 3.17. The van der Waals surface area contributed by atoms with Crippen molar-refractivity contribution in [1.29, 1.82) is 0 Å². The van der Waals surface area contributed by atoms with Crippen molar-refractivity contribution >= 4 is 19.8 Å². The van der Waals surface area contributed by atoms with Crippen LogP contribution in [0.1, 0.15) is 155 Å². The Bertz CT molecular complexity index is 1140. The van der Waals surface area contributed by atoms with Crippen LogP contribution < -0.4 is 0 Å². The molecule has 0 aliphatic heterocycles. The van der Waals surface area contributed by atoms with Crippen LogP contribution in [0, 0.1) is 0 Å². The predicted molar refractivity (Wildman–Crippen MR) is 223 cm³/mol. The zero-order valence-electron chi connectivity index (χ0n) is 34.1. The molecule has 10 nitrogen and oxygen atoms in total. The largest absolute Gasteiger partial charge is 0.472 e. The van der Waals surface area contributed by atoms with E-state index in [1.165, 1.54) is 57.8 Å². The number of ether oxygens (including phenoxy) is 2. The predicted octanol–water partition coefficient (Wildman–Crippen LogP) is 10.9. The standard InChI is InChI=1S/C44H75O10P/c1-3-5-7-9-11-13-15-17-19-20-22-23-25-27-29-31-33-35-43(47)51-39-42(40-53-55(49,50)52-38-41(46)37-45)54-44(48)36-34-32-30-28-26-24-21-18-16-14-12-10-8-6-4-2/h5,7,10-13,17,19,22-23,27,29,41-42,45-46H,3-4,6,8-9,14-16,18,20-21,24-26,28,30-40H2,1-2H3,(H,49,50)/b7-5+,12-10+,13-11+,19-17+,23-22+,29-27+/t41-,42+/m0/s1. The van der Waals surface area contributed by atoms with E-state index in [2.05, 4.69) is 85.2 Å². The lowest BCUT2D eigenvalue weighted by Crippen LogP contribution is -2.29. The van der Waals surface area contributed by atoms with Crippen molar-refractivity contribution in [2.75, 3.05) is 26.4 Å². The first-order valence-corrected chi connectivity index (χ1v) is 22.4. The summed E-state index contributed by atoms with van der Waals surface area (Å²) in [5, 5.41) is 18.3. The summed E-state index contributed by atoms with van der Waals surface area (Å²) >= 11 is 0. The number of carbonyl (C=O) groups excluding carboxylic acids is 2. The van der Waals surface area contributed by atoms with Gasteiger partial charge >= 0.3 is 19.8 Å². The van der Waals surface area contributed by atoms with E-state index < -0.39 is 51.8 Å². The van der Waals surface area contributed by atoms with Gasteiger partial charge in [0.1, 0.15) is 12.7 Å². The van der Waals surface area contributed by atoms with E-state index in [0.717, 1.165) is 51.4 Å². The van der Waals surface area contributed by atoms with E-state index >= 15 is 0 Å². The van der Waals surface area contributed by atoms with Gasteiger partial charge in [-0.2, -0.15) is 0 Å². The molecular weight excluding hydrogens is 719 g/mol. The summed E-state index contributed by atoms with van der Waals surface area (Å²) in [5.41, 5.74) is 0. The van der Waals surface area contributed by atoms with E-state index in [-0.39, 0.29) is 19.4 Å². The summed E-state index contributed by atoms with van der Waals surface area (Å²) in [4.78, 5) is 34.9. The van der Waals surface area contributed by atoms with Gasteiger partial charge in [-0.25, -0.2) is 4.57 Å². The van der Waals surface area contributed by atoms with Crippen molar-refractivity contribution in [1.82, 2.24) is 0 Å². The molecule has 0 aromatic carbocycles. The maximum atomic E-state index is 12.6. The Kier molecular flexibility index (Phi) is 37.8. The minimum Gasteiger partial charge on any atom is -0.462 e. The summed E-state index contributed by atoms with van der Waals surface area (Å²) in [7, 11) is -4.63. The summed E-state index contributed by atoms with van der Waals surface area (Å²) in [6.07, 6.45) is 44.4. The van der Waals surface area contributed by atoms with Crippen LogP contribution in [0.4, 0.5) is 0 Å².